The summed E-state index contributed by atoms with van der Waals surface area (Å²) in [5.41, 5.74) is 0.958. The molecule has 2 N–H and O–H groups in total. The zero-order valence-electron chi connectivity index (χ0n) is 10.9. The van der Waals surface area contributed by atoms with Crippen molar-refractivity contribution >= 4 is 5.82 Å². The molecular weight excluding hydrogens is 216 g/mol. The van der Waals surface area contributed by atoms with Crippen molar-refractivity contribution in [2.24, 2.45) is 0 Å². The SMILES string of the molecule is CCCN(CCO)Cc1nc(C)cc(NC)n1. The number of nitrogens with one attached hydrogen (secondary N) is 1. The molecule has 0 amide bonds. The van der Waals surface area contributed by atoms with Crippen LogP contribution in [0, 0.1) is 6.92 Å². The Morgan fingerprint density at radius 1 is 1.35 bits per heavy atom. The van der Waals surface area contributed by atoms with Gasteiger partial charge in [0.15, 0.2) is 0 Å². The first-order valence-corrected chi connectivity index (χ1v) is 6.05. The third-order valence-electron chi connectivity index (χ3n) is 2.48. The van der Waals surface area contributed by atoms with Crippen molar-refractivity contribution in [3.05, 3.63) is 17.6 Å². The average molecular weight is 238 g/mol. The lowest BCUT2D eigenvalue weighted by Crippen LogP contribution is -2.28. The number of rotatable bonds is 7. The largest absolute Gasteiger partial charge is 0.395 e. The van der Waals surface area contributed by atoms with Gasteiger partial charge in [-0.2, -0.15) is 0 Å². The number of hydrogen-bond donors (Lipinski definition) is 2. The van der Waals surface area contributed by atoms with E-state index in [0.717, 1.165) is 30.3 Å². The van der Waals surface area contributed by atoms with Crippen LogP contribution >= 0.6 is 0 Å². The van der Waals surface area contributed by atoms with Gasteiger partial charge in [-0.1, -0.05) is 6.92 Å². The van der Waals surface area contributed by atoms with Gasteiger partial charge in [0.25, 0.3) is 0 Å². The molecule has 5 heteroatoms. The highest BCUT2D eigenvalue weighted by Crippen LogP contribution is 2.07. The van der Waals surface area contributed by atoms with Crippen LogP contribution in [0.3, 0.4) is 0 Å². The Kier molecular flexibility index (Phi) is 5.86. The maximum Gasteiger partial charge on any atom is 0.144 e. The number of hydrogen-bond acceptors (Lipinski definition) is 5. The summed E-state index contributed by atoms with van der Waals surface area (Å²) >= 11 is 0. The highest BCUT2D eigenvalue weighted by Gasteiger charge is 2.08. The predicted octanol–water partition coefficient (Wildman–Crippen LogP) is 1.03. The van der Waals surface area contributed by atoms with E-state index in [0.29, 0.717) is 13.1 Å². The van der Waals surface area contributed by atoms with Gasteiger partial charge in [0.1, 0.15) is 11.6 Å². The van der Waals surface area contributed by atoms with Crippen molar-refractivity contribution < 1.29 is 5.11 Å². The van der Waals surface area contributed by atoms with E-state index in [2.05, 4.69) is 27.1 Å². The fourth-order valence-electron chi connectivity index (χ4n) is 1.76. The fourth-order valence-corrected chi connectivity index (χ4v) is 1.76. The third-order valence-corrected chi connectivity index (χ3v) is 2.48. The van der Waals surface area contributed by atoms with Crippen LogP contribution in [0.2, 0.25) is 0 Å². The molecule has 0 bridgehead atoms. The molecule has 1 heterocycles. The molecule has 0 aliphatic carbocycles. The zero-order chi connectivity index (χ0) is 12.7. The second-order valence-corrected chi connectivity index (χ2v) is 4.06. The molecule has 0 aliphatic rings. The lowest BCUT2D eigenvalue weighted by atomic mass is 10.3. The molecule has 0 atom stereocenters. The summed E-state index contributed by atoms with van der Waals surface area (Å²) in [6, 6.07) is 1.92. The minimum absolute atomic E-state index is 0.171. The first-order valence-electron chi connectivity index (χ1n) is 6.05. The molecule has 1 rings (SSSR count). The van der Waals surface area contributed by atoms with Gasteiger partial charge < -0.3 is 10.4 Å². The monoisotopic (exact) mass is 238 g/mol. The van der Waals surface area contributed by atoms with E-state index in [4.69, 9.17) is 5.11 Å². The Bertz CT molecular complexity index is 337. The van der Waals surface area contributed by atoms with Gasteiger partial charge in [0.2, 0.25) is 0 Å². The summed E-state index contributed by atoms with van der Waals surface area (Å²) in [6.45, 7) is 6.56. The van der Waals surface area contributed by atoms with E-state index >= 15 is 0 Å². The first-order chi connectivity index (χ1) is 8.19. The first kappa shape index (κ1) is 13.9. The van der Waals surface area contributed by atoms with E-state index in [1.54, 1.807) is 0 Å². The van der Waals surface area contributed by atoms with Crippen molar-refractivity contribution in [2.75, 3.05) is 32.1 Å². The standard InChI is InChI=1S/C12H22N4O/c1-4-5-16(6-7-17)9-12-14-10(2)8-11(13-3)15-12/h8,17H,4-7,9H2,1-3H3,(H,13,14,15). The average Bonchev–Trinajstić information content (AvgIpc) is 2.29. The number of nitrogens with zero attached hydrogens (tertiary/aromatic N) is 3. The van der Waals surface area contributed by atoms with Crippen LogP contribution in [0.4, 0.5) is 5.82 Å². The molecule has 0 radical (unpaired) electrons. The molecule has 17 heavy (non-hydrogen) atoms. The van der Waals surface area contributed by atoms with Crippen LogP contribution in [0.1, 0.15) is 24.9 Å². The van der Waals surface area contributed by atoms with Crippen molar-refractivity contribution in [1.82, 2.24) is 14.9 Å². The summed E-state index contributed by atoms with van der Waals surface area (Å²) in [4.78, 5) is 11.0. The number of aryl methyl sites for hydroxylation is 1. The van der Waals surface area contributed by atoms with Gasteiger partial charge in [-0.25, -0.2) is 9.97 Å². The summed E-state index contributed by atoms with van der Waals surface area (Å²) in [7, 11) is 1.85. The molecule has 0 fully saturated rings. The highest BCUT2D eigenvalue weighted by atomic mass is 16.3. The molecule has 0 saturated heterocycles. The predicted molar refractivity (Wildman–Crippen MR) is 69.0 cm³/mol. The van der Waals surface area contributed by atoms with Crippen molar-refractivity contribution in [3.8, 4) is 0 Å². The molecule has 0 saturated carbocycles. The van der Waals surface area contributed by atoms with Crippen LogP contribution in [-0.2, 0) is 6.54 Å². The molecule has 5 nitrogen and oxygen atoms in total. The van der Waals surface area contributed by atoms with E-state index in [1.807, 2.05) is 20.0 Å². The Morgan fingerprint density at radius 2 is 2.12 bits per heavy atom. The Balaban J connectivity index is 2.73. The number of aliphatic hydroxyl groups excluding tert-OH is 1. The third kappa shape index (κ3) is 4.66. The van der Waals surface area contributed by atoms with Gasteiger partial charge >= 0.3 is 0 Å². The van der Waals surface area contributed by atoms with Gasteiger partial charge in [0, 0.05) is 25.4 Å². The smallest absolute Gasteiger partial charge is 0.144 e. The summed E-state index contributed by atoms with van der Waals surface area (Å²) in [6.07, 6.45) is 1.06. The van der Waals surface area contributed by atoms with E-state index in [9.17, 15) is 0 Å². The van der Waals surface area contributed by atoms with Crippen LogP contribution in [-0.4, -0.2) is 46.7 Å². The molecule has 96 valence electrons. The van der Waals surface area contributed by atoms with E-state index in [-0.39, 0.29) is 6.61 Å². The number of aromatic nitrogens is 2. The van der Waals surface area contributed by atoms with Crippen LogP contribution in [0.25, 0.3) is 0 Å². The second-order valence-electron chi connectivity index (χ2n) is 4.06. The zero-order valence-corrected chi connectivity index (χ0v) is 10.9. The quantitative estimate of drug-likeness (QED) is 0.743. The van der Waals surface area contributed by atoms with Gasteiger partial charge in [0.05, 0.1) is 13.2 Å². The van der Waals surface area contributed by atoms with Gasteiger partial charge in [-0.3, -0.25) is 4.90 Å². The van der Waals surface area contributed by atoms with Gasteiger partial charge in [-0.05, 0) is 19.9 Å². The topological polar surface area (TPSA) is 61.3 Å². The van der Waals surface area contributed by atoms with Crippen molar-refractivity contribution in [3.63, 3.8) is 0 Å². The summed E-state index contributed by atoms with van der Waals surface area (Å²) < 4.78 is 0. The Labute approximate surface area is 103 Å². The minimum Gasteiger partial charge on any atom is -0.395 e. The molecule has 1 aromatic heterocycles. The summed E-state index contributed by atoms with van der Waals surface area (Å²) in [5.74, 6) is 1.64. The molecule has 0 aromatic carbocycles. The lowest BCUT2D eigenvalue weighted by Gasteiger charge is -2.19. The maximum absolute atomic E-state index is 9.00. The fraction of sp³-hybridized carbons (Fsp3) is 0.667. The Morgan fingerprint density at radius 3 is 2.71 bits per heavy atom. The van der Waals surface area contributed by atoms with Crippen LogP contribution < -0.4 is 5.32 Å². The molecule has 0 aliphatic heterocycles. The van der Waals surface area contributed by atoms with Gasteiger partial charge in [-0.15, -0.1) is 0 Å². The maximum atomic E-state index is 9.00. The lowest BCUT2D eigenvalue weighted by molar-refractivity contribution is 0.187. The molecule has 0 spiro atoms. The second kappa shape index (κ2) is 7.19. The molecule has 1 aromatic rings. The molecule has 0 unspecified atom stereocenters. The van der Waals surface area contributed by atoms with Crippen molar-refractivity contribution in [2.45, 2.75) is 26.8 Å². The van der Waals surface area contributed by atoms with Crippen LogP contribution in [0.5, 0.6) is 0 Å². The van der Waals surface area contributed by atoms with Crippen molar-refractivity contribution in [1.29, 1.82) is 0 Å². The summed E-state index contributed by atoms with van der Waals surface area (Å²) in [5, 5.41) is 12.0. The number of aliphatic hydroxyl groups is 1. The normalized spacial score (nSPS) is 10.9. The van der Waals surface area contributed by atoms with E-state index < -0.39 is 0 Å². The van der Waals surface area contributed by atoms with E-state index in [1.165, 1.54) is 0 Å². The minimum atomic E-state index is 0.171. The highest BCUT2D eigenvalue weighted by molar-refractivity contribution is 5.34. The number of anilines is 1. The Hall–Kier alpha value is -1.20. The molecular formula is C12H22N4O. The van der Waals surface area contributed by atoms with Crippen LogP contribution in [0.15, 0.2) is 6.07 Å².